The van der Waals surface area contributed by atoms with Crippen LogP contribution in [0.4, 0.5) is 0 Å². The Hall–Kier alpha value is -1.56. The molecule has 0 aliphatic heterocycles. The Morgan fingerprint density at radius 2 is 1.96 bits per heavy atom. The minimum Gasteiger partial charge on any atom is -0.506 e. The van der Waals surface area contributed by atoms with Crippen LogP contribution in [0, 0.1) is 0 Å². The molecule has 1 aromatic carbocycles. The second-order valence-corrected chi connectivity index (χ2v) is 8.44. The van der Waals surface area contributed by atoms with Gasteiger partial charge in [0.15, 0.2) is 0 Å². The summed E-state index contributed by atoms with van der Waals surface area (Å²) in [5.74, 6) is -0.126. The number of rotatable bonds is 5. The lowest BCUT2D eigenvalue weighted by molar-refractivity contribution is 0.0488. The first kappa shape index (κ1) is 19.2. The maximum Gasteiger partial charge on any atom is 0.254 e. The monoisotopic (exact) mass is 392 g/mol. The van der Waals surface area contributed by atoms with E-state index in [2.05, 4.69) is 29.5 Å². The Morgan fingerprint density at radius 1 is 1.23 bits per heavy atom. The predicted octanol–water partition coefficient (Wildman–Crippen LogP) is 4.62. The summed E-state index contributed by atoms with van der Waals surface area (Å²) in [7, 11) is 4.02. The number of carbonyl (C=O) groups excluding carboxylic acids is 1. The van der Waals surface area contributed by atoms with Gasteiger partial charge in [-0.05, 0) is 49.5 Å². The van der Waals surface area contributed by atoms with Crippen molar-refractivity contribution < 1.29 is 9.90 Å². The molecule has 2 aromatic rings. The molecule has 1 aliphatic rings. The number of amides is 1. The van der Waals surface area contributed by atoms with E-state index in [1.54, 1.807) is 23.5 Å². The van der Waals surface area contributed by atoms with Crippen molar-refractivity contribution in [2.45, 2.75) is 44.3 Å². The van der Waals surface area contributed by atoms with Crippen LogP contribution in [0.1, 0.15) is 40.9 Å². The zero-order valence-electron chi connectivity index (χ0n) is 15.2. The Balaban J connectivity index is 1.75. The molecule has 140 valence electrons. The number of thiophene rings is 1. The second kappa shape index (κ2) is 8.42. The standard InChI is InChI=1S/C20H25ClN2O2S/c1-22(13-15-6-5-11-26-15)17-7-3-4-8-18(17)23(2)20(25)14-9-10-16(21)19(24)12-14/h5-6,9-12,17-18,24H,3-4,7-8,13H2,1-2H3/t17-,18-/m1/s1. The second-order valence-electron chi connectivity index (χ2n) is 7.00. The summed E-state index contributed by atoms with van der Waals surface area (Å²) in [6.45, 7) is 0.905. The lowest BCUT2D eigenvalue weighted by Crippen LogP contribution is -2.52. The Morgan fingerprint density at radius 3 is 2.62 bits per heavy atom. The third-order valence-electron chi connectivity index (χ3n) is 5.26. The molecule has 26 heavy (non-hydrogen) atoms. The molecular weight excluding hydrogens is 368 g/mol. The molecule has 1 heterocycles. The predicted molar refractivity (Wildman–Crippen MR) is 107 cm³/mol. The van der Waals surface area contributed by atoms with Crippen molar-refractivity contribution >= 4 is 28.8 Å². The molecule has 0 bridgehead atoms. The number of nitrogens with zero attached hydrogens (tertiary/aromatic N) is 2. The highest BCUT2D eigenvalue weighted by Crippen LogP contribution is 2.30. The number of carbonyl (C=O) groups is 1. The van der Waals surface area contributed by atoms with E-state index in [0.717, 1.165) is 25.8 Å². The van der Waals surface area contributed by atoms with E-state index in [0.29, 0.717) is 11.6 Å². The quantitative estimate of drug-likeness (QED) is 0.807. The first-order chi connectivity index (χ1) is 12.5. The average Bonchev–Trinajstić information content (AvgIpc) is 3.15. The van der Waals surface area contributed by atoms with Crippen molar-refractivity contribution in [1.29, 1.82) is 0 Å². The van der Waals surface area contributed by atoms with Gasteiger partial charge in [-0.3, -0.25) is 9.69 Å². The van der Waals surface area contributed by atoms with Gasteiger partial charge < -0.3 is 10.0 Å². The van der Waals surface area contributed by atoms with Crippen molar-refractivity contribution in [1.82, 2.24) is 9.80 Å². The third-order valence-corrected chi connectivity index (χ3v) is 6.44. The van der Waals surface area contributed by atoms with Crippen LogP contribution in [-0.4, -0.2) is 47.0 Å². The van der Waals surface area contributed by atoms with E-state index in [1.165, 1.54) is 17.4 Å². The molecule has 6 heteroatoms. The number of likely N-dealkylation sites (N-methyl/N-ethyl adjacent to an activating group) is 2. The van der Waals surface area contributed by atoms with Gasteiger partial charge in [-0.2, -0.15) is 0 Å². The largest absolute Gasteiger partial charge is 0.506 e. The van der Waals surface area contributed by atoms with Gasteiger partial charge in [-0.1, -0.05) is 30.5 Å². The molecule has 3 rings (SSSR count). The first-order valence-corrected chi connectivity index (χ1v) is 10.2. The van der Waals surface area contributed by atoms with Gasteiger partial charge in [-0.15, -0.1) is 11.3 Å². The van der Waals surface area contributed by atoms with Gasteiger partial charge >= 0.3 is 0 Å². The van der Waals surface area contributed by atoms with E-state index in [-0.39, 0.29) is 22.7 Å². The molecule has 4 nitrogen and oxygen atoms in total. The topological polar surface area (TPSA) is 43.8 Å². The van der Waals surface area contributed by atoms with Gasteiger partial charge in [0.2, 0.25) is 0 Å². The Bertz CT molecular complexity index is 750. The number of phenols is 1. The van der Waals surface area contributed by atoms with Crippen LogP contribution in [0.15, 0.2) is 35.7 Å². The Labute approximate surface area is 164 Å². The molecule has 0 spiro atoms. The summed E-state index contributed by atoms with van der Waals surface area (Å²) < 4.78 is 0. The van der Waals surface area contributed by atoms with E-state index in [9.17, 15) is 9.90 Å². The summed E-state index contributed by atoms with van der Waals surface area (Å²) in [5, 5.41) is 12.2. The molecule has 0 unspecified atom stereocenters. The van der Waals surface area contributed by atoms with Crippen LogP contribution in [0.25, 0.3) is 0 Å². The lowest BCUT2D eigenvalue weighted by atomic mass is 9.88. The van der Waals surface area contributed by atoms with Gasteiger partial charge in [0.1, 0.15) is 5.75 Å². The highest BCUT2D eigenvalue weighted by molar-refractivity contribution is 7.09. The van der Waals surface area contributed by atoms with E-state index < -0.39 is 0 Å². The van der Waals surface area contributed by atoms with Crippen LogP contribution in [0.3, 0.4) is 0 Å². The molecular formula is C20H25ClN2O2S. The van der Waals surface area contributed by atoms with Crippen LogP contribution >= 0.6 is 22.9 Å². The fraction of sp³-hybridized carbons (Fsp3) is 0.450. The zero-order chi connectivity index (χ0) is 18.7. The number of hydrogen-bond donors (Lipinski definition) is 1. The fourth-order valence-corrected chi connectivity index (χ4v) is 4.71. The van der Waals surface area contributed by atoms with Gasteiger partial charge in [-0.25, -0.2) is 0 Å². The number of benzene rings is 1. The van der Waals surface area contributed by atoms with E-state index in [4.69, 9.17) is 11.6 Å². The first-order valence-electron chi connectivity index (χ1n) is 8.95. The summed E-state index contributed by atoms with van der Waals surface area (Å²) >= 11 is 7.63. The number of phenolic OH excluding ortho intramolecular Hbond substituents is 1. The summed E-state index contributed by atoms with van der Waals surface area (Å²) in [5.41, 5.74) is 0.472. The Kier molecular flexibility index (Phi) is 6.22. The fourth-order valence-electron chi connectivity index (χ4n) is 3.82. The molecule has 1 saturated carbocycles. The van der Waals surface area contributed by atoms with Crippen molar-refractivity contribution in [3.05, 3.63) is 51.2 Å². The van der Waals surface area contributed by atoms with Gasteiger partial charge in [0, 0.05) is 36.1 Å². The number of halogens is 1. The summed E-state index contributed by atoms with van der Waals surface area (Å²) in [6.07, 6.45) is 4.43. The normalized spacial score (nSPS) is 20.3. The SMILES string of the molecule is CN(Cc1cccs1)[C@@H]1CCCC[C@H]1N(C)C(=O)c1ccc(Cl)c(O)c1. The van der Waals surface area contributed by atoms with Crippen molar-refractivity contribution in [2.75, 3.05) is 14.1 Å². The smallest absolute Gasteiger partial charge is 0.254 e. The molecule has 1 aromatic heterocycles. The maximum absolute atomic E-state index is 12.9. The van der Waals surface area contributed by atoms with Crippen molar-refractivity contribution in [3.63, 3.8) is 0 Å². The number of aromatic hydroxyl groups is 1. The van der Waals surface area contributed by atoms with Crippen LogP contribution in [0.2, 0.25) is 5.02 Å². The third kappa shape index (κ3) is 4.22. The van der Waals surface area contributed by atoms with Gasteiger partial charge in [0.05, 0.1) is 5.02 Å². The van der Waals surface area contributed by atoms with Crippen molar-refractivity contribution in [3.8, 4) is 5.75 Å². The molecule has 0 saturated heterocycles. The van der Waals surface area contributed by atoms with E-state index >= 15 is 0 Å². The minimum atomic E-state index is -0.0709. The molecule has 2 atom stereocenters. The maximum atomic E-state index is 12.9. The molecule has 1 N–H and O–H groups in total. The average molecular weight is 393 g/mol. The van der Waals surface area contributed by atoms with Crippen LogP contribution < -0.4 is 0 Å². The molecule has 1 aliphatic carbocycles. The lowest BCUT2D eigenvalue weighted by Gasteiger charge is -2.42. The zero-order valence-corrected chi connectivity index (χ0v) is 16.8. The van der Waals surface area contributed by atoms with Crippen LogP contribution in [-0.2, 0) is 6.54 Å². The summed E-state index contributed by atoms with van der Waals surface area (Å²) in [4.78, 5) is 18.5. The van der Waals surface area contributed by atoms with Crippen molar-refractivity contribution in [2.24, 2.45) is 0 Å². The minimum absolute atomic E-state index is 0.0547. The van der Waals surface area contributed by atoms with E-state index in [1.807, 2.05) is 11.9 Å². The molecule has 0 radical (unpaired) electrons. The molecule has 1 fully saturated rings. The highest BCUT2D eigenvalue weighted by atomic mass is 35.5. The highest BCUT2D eigenvalue weighted by Gasteiger charge is 2.33. The number of hydrogen-bond acceptors (Lipinski definition) is 4. The molecule has 1 amide bonds. The van der Waals surface area contributed by atoms with Crippen LogP contribution in [0.5, 0.6) is 5.75 Å². The summed E-state index contributed by atoms with van der Waals surface area (Å²) in [6, 6.07) is 9.43. The van der Waals surface area contributed by atoms with Gasteiger partial charge in [0.25, 0.3) is 5.91 Å².